The molecule has 0 unspecified atom stereocenters. The summed E-state index contributed by atoms with van der Waals surface area (Å²) in [6, 6.07) is 18.8. The molecule has 222 valence electrons. The predicted octanol–water partition coefficient (Wildman–Crippen LogP) is 6.03. The van der Waals surface area contributed by atoms with Crippen LogP contribution in [0.15, 0.2) is 101 Å². The zero-order valence-corrected chi connectivity index (χ0v) is 22.3. The minimum Gasteiger partial charge on any atom is -0.483 e. The lowest BCUT2D eigenvalue weighted by molar-refractivity contribution is -0.384. The van der Waals surface area contributed by atoms with Gasteiger partial charge in [0.1, 0.15) is 11.6 Å². The first-order valence-electron chi connectivity index (χ1n) is 12.7. The normalized spacial score (nSPS) is 11.5. The van der Waals surface area contributed by atoms with Crippen molar-refractivity contribution >= 4 is 34.4 Å². The molecule has 44 heavy (non-hydrogen) atoms. The third-order valence-electron chi connectivity index (χ3n) is 6.21. The molecule has 1 amide bonds. The van der Waals surface area contributed by atoms with E-state index < -0.39 is 40.6 Å². The van der Waals surface area contributed by atoms with E-state index in [2.05, 4.69) is 15.4 Å². The van der Waals surface area contributed by atoms with Gasteiger partial charge in [-0.1, -0.05) is 24.3 Å². The number of alkyl halides is 3. The first-order chi connectivity index (χ1) is 21.0. The average Bonchev–Trinajstić information content (AvgIpc) is 3.00. The Morgan fingerprint density at radius 2 is 1.77 bits per heavy atom. The standard InChI is InChI=1S/C30H19F4N5O5/c31-21-8-10-22(11-9-21)36-27(40)17-44-26-13-12-23(39(42)43)15-19(26)16-35-38-28(18-4-3-5-20(14-18)30(32,33)34)37-25-7-2-1-6-24(25)29(38)41/h1-16H,17H2,(H,36,40). The minimum atomic E-state index is -4.67. The van der Waals surface area contributed by atoms with Crippen molar-refractivity contribution in [3.63, 3.8) is 0 Å². The number of nitro groups is 1. The number of hydrogen-bond acceptors (Lipinski definition) is 7. The van der Waals surface area contributed by atoms with Gasteiger partial charge < -0.3 is 10.1 Å². The van der Waals surface area contributed by atoms with Gasteiger partial charge in [0.25, 0.3) is 17.2 Å². The quantitative estimate of drug-likeness (QED) is 0.0996. The van der Waals surface area contributed by atoms with Crippen LogP contribution < -0.4 is 15.6 Å². The number of halogens is 4. The van der Waals surface area contributed by atoms with Crippen molar-refractivity contribution in [3.05, 3.63) is 128 Å². The maximum Gasteiger partial charge on any atom is 0.416 e. The monoisotopic (exact) mass is 605 g/mol. The topological polar surface area (TPSA) is 129 Å². The molecule has 0 saturated carbocycles. The van der Waals surface area contributed by atoms with Gasteiger partial charge in [0.05, 0.1) is 27.6 Å². The number of aromatic nitrogens is 2. The van der Waals surface area contributed by atoms with Gasteiger partial charge in [-0.15, -0.1) is 0 Å². The number of para-hydroxylation sites is 1. The summed E-state index contributed by atoms with van der Waals surface area (Å²) >= 11 is 0. The van der Waals surface area contributed by atoms with Crippen LogP contribution >= 0.6 is 0 Å². The number of rotatable bonds is 8. The Morgan fingerprint density at radius 3 is 2.50 bits per heavy atom. The molecule has 0 radical (unpaired) electrons. The Morgan fingerprint density at radius 1 is 1.02 bits per heavy atom. The van der Waals surface area contributed by atoms with E-state index in [1.165, 1.54) is 36.4 Å². The smallest absolute Gasteiger partial charge is 0.416 e. The molecule has 0 fully saturated rings. The number of benzene rings is 4. The van der Waals surface area contributed by atoms with Crippen LogP contribution in [0.2, 0.25) is 0 Å². The van der Waals surface area contributed by atoms with Crippen molar-refractivity contribution in [1.29, 1.82) is 0 Å². The maximum atomic E-state index is 13.5. The van der Waals surface area contributed by atoms with E-state index in [1.54, 1.807) is 12.1 Å². The van der Waals surface area contributed by atoms with Crippen LogP contribution in [0.4, 0.5) is 28.9 Å². The fraction of sp³-hybridized carbons (Fsp3) is 0.0667. The molecule has 5 aromatic rings. The van der Waals surface area contributed by atoms with Gasteiger partial charge in [-0.05, 0) is 54.6 Å². The molecule has 0 aliphatic heterocycles. The van der Waals surface area contributed by atoms with E-state index in [1.807, 2.05) is 0 Å². The molecule has 10 nitrogen and oxygen atoms in total. The second kappa shape index (κ2) is 12.1. The molecule has 14 heteroatoms. The van der Waals surface area contributed by atoms with Crippen LogP contribution in [0.3, 0.4) is 0 Å². The molecule has 1 heterocycles. The highest BCUT2D eigenvalue weighted by atomic mass is 19.4. The molecule has 0 atom stereocenters. The minimum absolute atomic E-state index is 0.0242. The van der Waals surface area contributed by atoms with Crippen molar-refractivity contribution in [3.8, 4) is 17.1 Å². The van der Waals surface area contributed by atoms with Gasteiger partial charge in [0, 0.05) is 28.9 Å². The molecule has 1 N–H and O–H groups in total. The summed E-state index contributed by atoms with van der Waals surface area (Å²) < 4.78 is 59.9. The van der Waals surface area contributed by atoms with Crippen molar-refractivity contribution in [2.45, 2.75) is 6.18 Å². The van der Waals surface area contributed by atoms with Crippen LogP contribution in [0.1, 0.15) is 11.1 Å². The highest BCUT2D eigenvalue weighted by molar-refractivity contribution is 5.92. The third kappa shape index (κ3) is 6.59. The number of nitrogens with zero attached hydrogens (tertiary/aromatic N) is 4. The van der Waals surface area contributed by atoms with E-state index in [4.69, 9.17) is 4.74 Å². The number of nitro benzene ring substituents is 1. The van der Waals surface area contributed by atoms with Gasteiger partial charge in [-0.2, -0.15) is 22.9 Å². The molecule has 1 aromatic heterocycles. The van der Waals surface area contributed by atoms with E-state index in [-0.39, 0.29) is 39.3 Å². The van der Waals surface area contributed by atoms with E-state index in [0.717, 1.165) is 53.4 Å². The number of ether oxygens (including phenoxy) is 1. The number of carbonyl (C=O) groups is 1. The third-order valence-corrected chi connectivity index (χ3v) is 6.21. The number of anilines is 1. The summed E-state index contributed by atoms with van der Waals surface area (Å²) in [6.45, 7) is -0.553. The Kier molecular flexibility index (Phi) is 8.15. The number of amides is 1. The van der Waals surface area contributed by atoms with Gasteiger partial charge in [0.2, 0.25) is 0 Å². The lowest BCUT2D eigenvalue weighted by Gasteiger charge is -2.12. The highest BCUT2D eigenvalue weighted by Gasteiger charge is 2.31. The fourth-order valence-electron chi connectivity index (χ4n) is 4.13. The predicted molar refractivity (Wildman–Crippen MR) is 153 cm³/mol. The SMILES string of the molecule is O=C(COc1ccc([N+](=O)[O-])cc1C=Nn1c(-c2cccc(C(F)(F)F)c2)nc2ccccc2c1=O)Nc1ccc(F)cc1. The second-order valence-electron chi connectivity index (χ2n) is 9.22. The van der Waals surface area contributed by atoms with Crippen molar-refractivity contribution in [2.75, 3.05) is 11.9 Å². The summed E-state index contributed by atoms with van der Waals surface area (Å²) in [7, 11) is 0. The Balaban J connectivity index is 1.54. The molecular formula is C30H19F4N5O5. The van der Waals surface area contributed by atoms with Crippen molar-refractivity contribution in [2.24, 2.45) is 5.10 Å². The lowest BCUT2D eigenvalue weighted by Crippen LogP contribution is -2.21. The zero-order chi connectivity index (χ0) is 31.4. The number of fused-ring (bicyclic) bond motifs is 1. The molecule has 4 aromatic carbocycles. The van der Waals surface area contributed by atoms with Gasteiger partial charge in [-0.3, -0.25) is 19.7 Å². The second-order valence-corrected chi connectivity index (χ2v) is 9.22. The highest BCUT2D eigenvalue weighted by Crippen LogP contribution is 2.32. The molecule has 0 spiro atoms. The number of carbonyl (C=O) groups excluding carboxylic acids is 1. The lowest BCUT2D eigenvalue weighted by atomic mass is 10.1. The molecule has 0 bridgehead atoms. The fourth-order valence-corrected chi connectivity index (χ4v) is 4.13. The summed E-state index contributed by atoms with van der Waals surface area (Å²) in [6.07, 6.45) is -3.63. The van der Waals surface area contributed by atoms with Gasteiger partial charge in [0.15, 0.2) is 12.4 Å². The van der Waals surface area contributed by atoms with Gasteiger partial charge >= 0.3 is 6.18 Å². The summed E-state index contributed by atoms with van der Waals surface area (Å²) in [4.78, 5) is 41.0. The summed E-state index contributed by atoms with van der Waals surface area (Å²) in [5, 5.41) is 18.2. The van der Waals surface area contributed by atoms with Crippen LogP contribution in [0.25, 0.3) is 22.3 Å². The number of non-ortho nitro benzene ring substituents is 1. The first kappa shape index (κ1) is 29.6. The van der Waals surface area contributed by atoms with Crippen molar-refractivity contribution < 1.29 is 32.0 Å². The first-order valence-corrected chi connectivity index (χ1v) is 12.7. The summed E-state index contributed by atoms with van der Waals surface area (Å²) in [5.41, 5.74) is -1.63. The Hall–Kier alpha value is -5.92. The maximum absolute atomic E-state index is 13.5. The van der Waals surface area contributed by atoms with Crippen LogP contribution in [0, 0.1) is 15.9 Å². The van der Waals surface area contributed by atoms with Crippen LogP contribution in [-0.2, 0) is 11.0 Å². The molecular weight excluding hydrogens is 586 g/mol. The molecule has 0 saturated heterocycles. The Bertz CT molecular complexity index is 1970. The van der Waals surface area contributed by atoms with E-state index >= 15 is 0 Å². The molecule has 0 aliphatic carbocycles. The van der Waals surface area contributed by atoms with Gasteiger partial charge in [-0.25, -0.2) is 9.37 Å². The number of hydrogen-bond donors (Lipinski definition) is 1. The largest absolute Gasteiger partial charge is 0.483 e. The van der Waals surface area contributed by atoms with E-state index in [9.17, 15) is 37.3 Å². The van der Waals surface area contributed by atoms with Crippen LogP contribution in [0.5, 0.6) is 5.75 Å². The van der Waals surface area contributed by atoms with Crippen LogP contribution in [-0.4, -0.2) is 33.3 Å². The molecule has 0 aliphatic rings. The average molecular weight is 606 g/mol. The number of nitrogens with one attached hydrogen (secondary N) is 1. The van der Waals surface area contributed by atoms with Crippen molar-refractivity contribution in [1.82, 2.24) is 9.66 Å². The summed E-state index contributed by atoms with van der Waals surface area (Å²) in [5.74, 6) is -1.37. The van der Waals surface area contributed by atoms with E-state index in [0.29, 0.717) is 5.69 Å². The molecule has 5 rings (SSSR count). The zero-order valence-electron chi connectivity index (χ0n) is 22.3. The Labute approximate surface area is 245 Å².